The Morgan fingerprint density at radius 2 is 2.14 bits per heavy atom. The van der Waals surface area contributed by atoms with Crippen LogP contribution in [0.3, 0.4) is 0 Å². The van der Waals surface area contributed by atoms with Crippen LogP contribution in [0, 0.1) is 0 Å². The summed E-state index contributed by atoms with van der Waals surface area (Å²) in [5, 5.41) is 18.1. The Morgan fingerprint density at radius 1 is 1.38 bits per heavy atom. The van der Waals surface area contributed by atoms with Crippen LogP contribution in [-0.2, 0) is 4.79 Å². The zero-order valence-corrected chi connectivity index (χ0v) is 13.8. The summed E-state index contributed by atoms with van der Waals surface area (Å²) in [6, 6.07) is 0.660. The van der Waals surface area contributed by atoms with Crippen LogP contribution in [0.2, 0.25) is 0 Å². The fourth-order valence-electron chi connectivity index (χ4n) is 2.71. The topological polar surface area (TPSA) is 71.2 Å². The van der Waals surface area contributed by atoms with Crippen LogP contribution in [0.15, 0.2) is 5.16 Å². The lowest BCUT2D eigenvalue weighted by atomic mass is 10.1. The second-order valence-corrected chi connectivity index (χ2v) is 6.76. The molecule has 1 aromatic heterocycles. The standard InChI is InChI=1S/C14H24N4O2S/c1-10(2)18-13(15-16-14(18)21-9-12(19)20)17-8-6-4-5-7-11(17)3/h10-11H,4-9H2,1-3H3,(H,19,20). The van der Waals surface area contributed by atoms with Crippen LogP contribution in [0.5, 0.6) is 0 Å². The van der Waals surface area contributed by atoms with Crippen molar-refractivity contribution in [2.24, 2.45) is 0 Å². The Kier molecular flexibility index (Phi) is 5.50. The van der Waals surface area contributed by atoms with Crippen molar-refractivity contribution in [2.75, 3.05) is 17.2 Å². The first kappa shape index (κ1) is 16.1. The molecule has 2 rings (SSSR count). The van der Waals surface area contributed by atoms with Crippen LogP contribution in [-0.4, -0.2) is 44.2 Å². The number of carboxylic acids is 1. The zero-order chi connectivity index (χ0) is 15.4. The molecular formula is C14H24N4O2S. The minimum absolute atomic E-state index is 0.0143. The molecule has 1 fully saturated rings. The number of carboxylic acid groups (broad SMARTS) is 1. The zero-order valence-electron chi connectivity index (χ0n) is 12.9. The minimum Gasteiger partial charge on any atom is -0.481 e. The van der Waals surface area contributed by atoms with Gasteiger partial charge in [0.15, 0.2) is 5.16 Å². The number of aromatic nitrogens is 3. The summed E-state index contributed by atoms with van der Waals surface area (Å²) in [6.45, 7) is 7.39. The maximum absolute atomic E-state index is 10.8. The molecular weight excluding hydrogens is 288 g/mol. The molecule has 0 spiro atoms. The summed E-state index contributed by atoms with van der Waals surface area (Å²) in [6.07, 6.45) is 4.86. The summed E-state index contributed by atoms with van der Waals surface area (Å²) in [4.78, 5) is 13.1. The third-order valence-corrected chi connectivity index (χ3v) is 4.73. The summed E-state index contributed by atoms with van der Waals surface area (Å²) < 4.78 is 2.06. The predicted octanol–water partition coefficient (Wildman–Crippen LogP) is 2.80. The lowest BCUT2D eigenvalue weighted by Gasteiger charge is -2.29. The van der Waals surface area contributed by atoms with Gasteiger partial charge in [-0.1, -0.05) is 24.6 Å². The Hall–Kier alpha value is -1.24. The van der Waals surface area contributed by atoms with Gasteiger partial charge in [-0.25, -0.2) is 0 Å². The molecule has 0 amide bonds. The fourth-order valence-corrected chi connectivity index (χ4v) is 3.50. The number of nitrogens with zero attached hydrogens (tertiary/aromatic N) is 4. The van der Waals surface area contributed by atoms with Crippen molar-refractivity contribution in [3.63, 3.8) is 0 Å². The van der Waals surface area contributed by atoms with E-state index in [2.05, 4.69) is 40.4 Å². The van der Waals surface area contributed by atoms with E-state index < -0.39 is 5.97 Å². The number of carbonyl (C=O) groups is 1. The fraction of sp³-hybridized carbons (Fsp3) is 0.786. The van der Waals surface area contributed by atoms with Crippen molar-refractivity contribution >= 4 is 23.7 Å². The van der Waals surface area contributed by atoms with Crippen molar-refractivity contribution in [1.82, 2.24) is 14.8 Å². The van der Waals surface area contributed by atoms with Gasteiger partial charge in [0, 0.05) is 18.6 Å². The Morgan fingerprint density at radius 3 is 2.81 bits per heavy atom. The van der Waals surface area contributed by atoms with Crippen LogP contribution in [0.1, 0.15) is 52.5 Å². The molecule has 1 atom stereocenters. The molecule has 21 heavy (non-hydrogen) atoms. The summed E-state index contributed by atoms with van der Waals surface area (Å²) in [7, 11) is 0. The number of thioether (sulfide) groups is 1. The van der Waals surface area contributed by atoms with Crippen LogP contribution in [0.4, 0.5) is 5.95 Å². The van der Waals surface area contributed by atoms with E-state index in [9.17, 15) is 4.79 Å². The van der Waals surface area contributed by atoms with E-state index in [1.807, 2.05) is 0 Å². The van der Waals surface area contributed by atoms with E-state index in [4.69, 9.17) is 5.11 Å². The minimum atomic E-state index is -0.831. The third-order valence-electron chi connectivity index (χ3n) is 3.80. The lowest BCUT2D eigenvalue weighted by Crippen LogP contribution is -2.35. The largest absolute Gasteiger partial charge is 0.481 e. The smallest absolute Gasteiger partial charge is 0.313 e. The lowest BCUT2D eigenvalue weighted by molar-refractivity contribution is -0.133. The molecule has 1 aromatic rings. The third kappa shape index (κ3) is 3.90. The van der Waals surface area contributed by atoms with Gasteiger partial charge in [-0.05, 0) is 33.6 Å². The average Bonchev–Trinajstić information content (AvgIpc) is 2.72. The van der Waals surface area contributed by atoms with Crippen molar-refractivity contribution in [3.8, 4) is 0 Å². The van der Waals surface area contributed by atoms with Gasteiger partial charge in [0.25, 0.3) is 0 Å². The Balaban J connectivity index is 2.27. The molecule has 1 aliphatic heterocycles. The van der Waals surface area contributed by atoms with Gasteiger partial charge in [-0.3, -0.25) is 9.36 Å². The van der Waals surface area contributed by atoms with E-state index >= 15 is 0 Å². The molecule has 1 saturated heterocycles. The number of hydrogen-bond donors (Lipinski definition) is 1. The molecule has 2 heterocycles. The molecule has 1 aliphatic rings. The molecule has 1 unspecified atom stereocenters. The van der Waals surface area contributed by atoms with Gasteiger partial charge < -0.3 is 10.0 Å². The second kappa shape index (κ2) is 7.15. The second-order valence-electron chi connectivity index (χ2n) is 5.82. The maximum atomic E-state index is 10.8. The molecule has 1 N–H and O–H groups in total. The van der Waals surface area contributed by atoms with E-state index in [-0.39, 0.29) is 11.8 Å². The number of rotatable bonds is 5. The molecule has 0 aliphatic carbocycles. The van der Waals surface area contributed by atoms with Gasteiger partial charge in [0.2, 0.25) is 5.95 Å². The van der Waals surface area contributed by atoms with Gasteiger partial charge in [-0.15, -0.1) is 10.2 Å². The molecule has 0 aromatic carbocycles. The number of aliphatic carboxylic acids is 1. The maximum Gasteiger partial charge on any atom is 0.313 e. The normalized spacial score (nSPS) is 19.8. The van der Waals surface area contributed by atoms with Gasteiger partial charge in [-0.2, -0.15) is 0 Å². The van der Waals surface area contributed by atoms with E-state index in [0.717, 1.165) is 12.5 Å². The first-order valence-corrected chi connectivity index (χ1v) is 8.55. The predicted molar refractivity (Wildman–Crippen MR) is 84.0 cm³/mol. The Bertz CT molecular complexity index is 489. The van der Waals surface area contributed by atoms with E-state index in [1.54, 1.807) is 0 Å². The highest BCUT2D eigenvalue weighted by molar-refractivity contribution is 7.99. The molecule has 0 bridgehead atoms. The molecule has 118 valence electrons. The highest BCUT2D eigenvalue weighted by Gasteiger charge is 2.25. The monoisotopic (exact) mass is 312 g/mol. The van der Waals surface area contributed by atoms with Crippen molar-refractivity contribution in [2.45, 2.75) is 63.7 Å². The van der Waals surface area contributed by atoms with Crippen LogP contribution >= 0.6 is 11.8 Å². The van der Waals surface area contributed by atoms with Gasteiger partial charge in [0.05, 0.1) is 5.75 Å². The van der Waals surface area contributed by atoms with Crippen molar-refractivity contribution in [1.29, 1.82) is 0 Å². The Labute approximate surface area is 129 Å². The first-order chi connectivity index (χ1) is 10.0. The van der Waals surface area contributed by atoms with Gasteiger partial charge in [0.1, 0.15) is 0 Å². The van der Waals surface area contributed by atoms with Crippen molar-refractivity contribution in [3.05, 3.63) is 0 Å². The van der Waals surface area contributed by atoms with Crippen molar-refractivity contribution < 1.29 is 9.90 Å². The average molecular weight is 312 g/mol. The highest BCUT2D eigenvalue weighted by Crippen LogP contribution is 2.29. The summed E-state index contributed by atoms with van der Waals surface area (Å²) >= 11 is 1.24. The van der Waals surface area contributed by atoms with Gasteiger partial charge >= 0.3 is 5.97 Å². The first-order valence-electron chi connectivity index (χ1n) is 7.57. The highest BCUT2D eigenvalue weighted by atomic mass is 32.2. The number of hydrogen-bond acceptors (Lipinski definition) is 5. The molecule has 0 saturated carbocycles. The van der Waals surface area contributed by atoms with Crippen LogP contribution < -0.4 is 4.90 Å². The summed E-state index contributed by atoms with van der Waals surface area (Å²) in [5.74, 6) is 0.0655. The molecule has 7 heteroatoms. The van der Waals surface area contributed by atoms with E-state index in [0.29, 0.717) is 11.2 Å². The summed E-state index contributed by atoms with van der Waals surface area (Å²) in [5.41, 5.74) is 0. The molecule has 6 nitrogen and oxygen atoms in total. The quantitative estimate of drug-likeness (QED) is 0.843. The van der Waals surface area contributed by atoms with E-state index in [1.165, 1.54) is 37.4 Å². The molecule has 0 radical (unpaired) electrons. The SMILES string of the molecule is CC1CCCCCN1c1nnc(SCC(=O)O)n1C(C)C. The van der Waals surface area contributed by atoms with Crippen LogP contribution in [0.25, 0.3) is 0 Å². The number of anilines is 1.